The molecule has 2 aromatic rings. The van der Waals surface area contributed by atoms with E-state index in [1.54, 1.807) is 16.3 Å². The van der Waals surface area contributed by atoms with Crippen molar-refractivity contribution in [2.24, 2.45) is 0 Å². The summed E-state index contributed by atoms with van der Waals surface area (Å²) in [6.07, 6.45) is 0.211. The fourth-order valence-electron chi connectivity index (χ4n) is 2.15. The number of benzene rings is 1. The fraction of sp³-hybridized carbons (Fsp3) is 0.294. The van der Waals surface area contributed by atoms with Crippen molar-refractivity contribution in [2.75, 3.05) is 19.7 Å². The fourth-order valence-corrected chi connectivity index (χ4v) is 2.79. The molecule has 0 aliphatic rings. The monoisotopic (exact) mass is 332 g/mol. The summed E-state index contributed by atoms with van der Waals surface area (Å²) >= 11 is 1.46. The van der Waals surface area contributed by atoms with Gasteiger partial charge in [0.25, 0.3) is 5.91 Å². The van der Waals surface area contributed by atoms with Gasteiger partial charge in [0.1, 0.15) is 0 Å². The van der Waals surface area contributed by atoms with Crippen LogP contribution in [0.1, 0.15) is 22.3 Å². The molecule has 0 atom stereocenters. The molecule has 122 valence electrons. The summed E-state index contributed by atoms with van der Waals surface area (Å²) in [6.45, 7) is 0.939. The molecule has 0 bridgehead atoms. The molecule has 0 unspecified atom stereocenters. The number of amides is 2. The van der Waals surface area contributed by atoms with E-state index in [1.807, 2.05) is 35.7 Å². The molecule has 0 radical (unpaired) electrons. The molecule has 2 amide bonds. The molecule has 0 aliphatic carbocycles. The van der Waals surface area contributed by atoms with Crippen LogP contribution in [0.2, 0.25) is 0 Å². The van der Waals surface area contributed by atoms with Gasteiger partial charge in [0.05, 0.1) is 6.61 Å². The Morgan fingerprint density at radius 1 is 1.17 bits per heavy atom. The topological polar surface area (TPSA) is 69.6 Å². The quantitative estimate of drug-likeness (QED) is 0.775. The van der Waals surface area contributed by atoms with Crippen LogP contribution >= 0.6 is 11.3 Å². The van der Waals surface area contributed by atoms with Crippen molar-refractivity contribution in [1.29, 1.82) is 0 Å². The minimum atomic E-state index is -0.171. The Kier molecular flexibility index (Phi) is 6.77. The zero-order chi connectivity index (χ0) is 16.5. The highest BCUT2D eigenvalue weighted by molar-refractivity contribution is 7.08. The Hall–Kier alpha value is -2.18. The lowest BCUT2D eigenvalue weighted by atomic mass is 10.2. The average molecular weight is 332 g/mol. The van der Waals surface area contributed by atoms with Crippen molar-refractivity contribution >= 4 is 23.2 Å². The van der Waals surface area contributed by atoms with E-state index < -0.39 is 0 Å². The first kappa shape index (κ1) is 17.2. The smallest absolute Gasteiger partial charge is 0.252 e. The molecule has 6 heteroatoms. The molecule has 1 aromatic carbocycles. The summed E-state index contributed by atoms with van der Waals surface area (Å²) in [7, 11) is 0. The molecule has 0 aliphatic heterocycles. The van der Waals surface area contributed by atoms with Gasteiger partial charge in [0, 0.05) is 37.0 Å². The largest absolute Gasteiger partial charge is 0.395 e. The maximum absolute atomic E-state index is 12.3. The van der Waals surface area contributed by atoms with Crippen LogP contribution in [0, 0.1) is 0 Å². The number of carbonyl (C=O) groups is 2. The van der Waals surface area contributed by atoms with Crippen LogP contribution in [0.3, 0.4) is 0 Å². The lowest BCUT2D eigenvalue weighted by molar-refractivity contribution is -0.132. The van der Waals surface area contributed by atoms with Crippen molar-refractivity contribution in [3.05, 3.63) is 58.3 Å². The SMILES string of the molecule is O=C(NCCC(=O)N(CCO)Cc1ccccc1)c1ccsc1. The summed E-state index contributed by atoms with van der Waals surface area (Å²) < 4.78 is 0. The third-order valence-corrected chi connectivity index (χ3v) is 4.03. The number of thiophene rings is 1. The minimum absolute atomic E-state index is 0.0835. The Bertz CT molecular complexity index is 614. The normalized spacial score (nSPS) is 10.3. The van der Waals surface area contributed by atoms with Gasteiger partial charge < -0.3 is 15.3 Å². The standard InChI is InChI=1S/C17H20N2O3S/c20-10-9-19(12-14-4-2-1-3-5-14)16(21)6-8-18-17(22)15-7-11-23-13-15/h1-5,7,11,13,20H,6,8-10,12H2,(H,18,22). The van der Waals surface area contributed by atoms with Crippen LogP contribution in [0.15, 0.2) is 47.2 Å². The van der Waals surface area contributed by atoms with Crippen molar-refractivity contribution in [3.8, 4) is 0 Å². The van der Waals surface area contributed by atoms with Crippen LogP contribution in [0.5, 0.6) is 0 Å². The lowest BCUT2D eigenvalue weighted by Crippen LogP contribution is -2.35. The predicted molar refractivity (Wildman–Crippen MR) is 90.2 cm³/mol. The lowest BCUT2D eigenvalue weighted by Gasteiger charge is -2.22. The van der Waals surface area contributed by atoms with Gasteiger partial charge in [-0.05, 0) is 17.0 Å². The highest BCUT2D eigenvalue weighted by Crippen LogP contribution is 2.07. The van der Waals surface area contributed by atoms with Crippen molar-refractivity contribution in [2.45, 2.75) is 13.0 Å². The molecule has 0 spiro atoms. The van der Waals surface area contributed by atoms with E-state index >= 15 is 0 Å². The zero-order valence-corrected chi connectivity index (χ0v) is 13.6. The van der Waals surface area contributed by atoms with Crippen molar-refractivity contribution < 1.29 is 14.7 Å². The first-order valence-electron chi connectivity index (χ1n) is 7.43. The van der Waals surface area contributed by atoms with Gasteiger partial charge in [0.2, 0.25) is 5.91 Å². The van der Waals surface area contributed by atoms with Gasteiger partial charge in [-0.2, -0.15) is 11.3 Å². The summed E-state index contributed by atoms with van der Waals surface area (Å²) in [5, 5.41) is 15.5. The Balaban J connectivity index is 1.82. The first-order chi connectivity index (χ1) is 11.2. The molecule has 2 rings (SSSR count). The average Bonchev–Trinajstić information content (AvgIpc) is 3.10. The van der Waals surface area contributed by atoms with E-state index in [0.717, 1.165) is 5.56 Å². The number of aliphatic hydroxyl groups excluding tert-OH is 1. The van der Waals surface area contributed by atoms with Crippen LogP contribution in [-0.4, -0.2) is 41.5 Å². The van der Waals surface area contributed by atoms with Gasteiger partial charge in [-0.15, -0.1) is 0 Å². The Morgan fingerprint density at radius 3 is 2.61 bits per heavy atom. The van der Waals surface area contributed by atoms with E-state index in [-0.39, 0.29) is 37.9 Å². The number of rotatable bonds is 8. The summed E-state index contributed by atoms with van der Waals surface area (Å²) in [5.41, 5.74) is 1.62. The first-order valence-corrected chi connectivity index (χ1v) is 8.38. The molecule has 0 saturated carbocycles. The number of carbonyl (C=O) groups excluding carboxylic acids is 2. The van der Waals surface area contributed by atoms with E-state index in [0.29, 0.717) is 12.1 Å². The number of nitrogens with zero attached hydrogens (tertiary/aromatic N) is 1. The van der Waals surface area contributed by atoms with Crippen molar-refractivity contribution in [3.63, 3.8) is 0 Å². The number of aliphatic hydroxyl groups is 1. The molecule has 5 nitrogen and oxygen atoms in total. The van der Waals surface area contributed by atoms with Crippen LogP contribution < -0.4 is 5.32 Å². The van der Waals surface area contributed by atoms with Gasteiger partial charge >= 0.3 is 0 Å². The van der Waals surface area contributed by atoms with Crippen LogP contribution in [0.4, 0.5) is 0 Å². The zero-order valence-electron chi connectivity index (χ0n) is 12.8. The molecular weight excluding hydrogens is 312 g/mol. The molecule has 0 saturated heterocycles. The highest BCUT2D eigenvalue weighted by Gasteiger charge is 2.14. The molecule has 0 fully saturated rings. The summed E-state index contributed by atoms with van der Waals surface area (Å²) in [5.74, 6) is -0.260. The predicted octanol–water partition coefficient (Wildman–Crippen LogP) is 1.89. The van der Waals surface area contributed by atoms with E-state index in [2.05, 4.69) is 5.32 Å². The van der Waals surface area contributed by atoms with Gasteiger partial charge in [-0.3, -0.25) is 9.59 Å². The third kappa shape index (κ3) is 5.50. The third-order valence-electron chi connectivity index (χ3n) is 3.35. The second-order valence-corrected chi connectivity index (χ2v) is 5.82. The molecule has 23 heavy (non-hydrogen) atoms. The van der Waals surface area contributed by atoms with Gasteiger partial charge in [0.15, 0.2) is 0 Å². The number of hydrogen-bond donors (Lipinski definition) is 2. The second-order valence-electron chi connectivity index (χ2n) is 5.04. The Morgan fingerprint density at radius 2 is 1.96 bits per heavy atom. The number of hydrogen-bond acceptors (Lipinski definition) is 4. The summed E-state index contributed by atoms with van der Waals surface area (Å²) in [4.78, 5) is 25.7. The van der Waals surface area contributed by atoms with E-state index in [1.165, 1.54) is 11.3 Å². The molecule has 1 aromatic heterocycles. The maximum atomic E-state index is 12.3. The number of nitrogens with one attached hydrogen (secondary N) is 1. The van der Waals surface area contributed by atoms with Crippen LogP contribution in [0.25, 0.3) is 0 Å². The van der Waals surface area contributed by atoms with Gasteiger partial charge in [-0.1, -0.05) is 30.3 Å². The minimum Gasteiger partial charge on any atom is -0.395 e. The molecule has 1 heterocycles. The van der Waals surface area contributed by atoms with Crippen LogP contribution in [-0.2, 0) is 11.3 Å². The van der Waals surface area contributed by atoms with Gasteiger partial charge in [-0.25, -0.2) is 0 Å². The molecule has 2 N–H and O–H groups in total. The summed E-state index contributed by atoms with van der Waals surface area (Å²) in [6, 6.07) is 11.4. The second kappa shape index (κ2) is 9.07. The molecular formula is C17H20N2O3S. The Labute approximate surface area is 139 Å². The van der Waals surface area contributed by atoms with E-state index in [9.17, 15) is 9.59 Å². The maximum Gasteiger partial charge on any atom is 0.252 e. The van der Waals surface area contributed by atoms with E-state index in [4.69, 9.17) is 5.11 Å². The van der Waals surface area contributed by atoms with Crippen molar-refractivity contribution in [1.82, 2.24) is 10.2 Å². The highest BCUT2D eigenvalue weighted by atomic mass is 32.1.